The molecule has 3 heteroatoms. The molecule has 1 heterocycles. The van der Waals surface area contributed by atoms with Gasteiger partial charge >= 0.3 is 0 Å². The Balaban J connectivity index is 1.84. The molecule has 0 bridgehead atoms. The number of nitrogens with zero attached hydrogens (tertiary/aromatic N) is 1. The first-order chi connectivity index (χ1) is 9.85. The van der Waals surface area contributed by atoms with Gasteiger partial charge in [0.25, 0.3) is 0 Å². The summed E-state index contributed by atoms with van der Waals surface area (Å²) >= 11 is 0. The Morgan fingerprint density at radius 3 is 2.52 bits per heavy atom. The average molecular weight is 294 g/mol. The van der Waals surface area contributed by atoms with Gasteiger partial charge in [0.1, 0.15) is 0 Å². The van der Waals surface area contributed by atoms with Gasteiger partial charge in [0.2, 0.25) is 5.91 Å². The van der Waals surface area contributed by atoms with Crippen LogP contribution in [0.4, 0.5) is 0 Å². The maximum Gasteiger partial charge on any atom is 0.223 e. The zero-order chi connectivity index (χ0) is 15.5. The Bertz CT molecular complexity index is 338. The summed E-state index contributed by atoms with van der Waals surface area (Å²) in [5.41, 5.74) is 0.317. The van der Waals surface area contributed by atoms with E-state index in [4.69, 9.17) is 0 Å². The number of rotatable bonds is 6. The van der Waals surface area contributed by atoms with Crippen molar-refractivity contribution in [2.24, 2.45) is 17.3 Å². The van der Waals surface area contributed by atoms with Gasteiger partial charge < -0.3 is 10.2 Å². The molecule has 1 aliphatic carbocycles. The fourth-order valence-corrected chi connectivity index (χ4v) is 3.73. The molecule has 21 heavy (non-hydrogen) atoms. The molecular weight excluding hydrogens is 260 g/mol. The molecule has 0 spiro atoms. The van der Waals surface area contributed by atoms with Crippen molar-refractivity contribution >= 4 is 5.91 Å². The van der Waals surface area contributed by atoms with Gasteiger partial charge in [-0.1, -0.05) is 27.7 Å². The Morgan fingerprint density at radius 2 is 2.00 bits per heavy atom. The highest BCUT2D eigenvalue weighted by Crippen LogP contribution is 2.31. The minimum absolute atomic E-state index is 0.317. The van der Waals surface area contributed by atoms with Gasteiger partial charge in [0.15, 0.2) is 0 Å². The lowest BCUT2D eigenvalue weighted by Gasteiger charge is -2.32. The van der Waals surface area contributed by atoms with Crippen molar-refractivity contribution in [1.82, 2.24) is 10.2 Å². The van der Waals surface area contributed by atoms with Gasteiger partial charge in [-0.15, -0.1) is 0 Å². The second kappa shape index (κ2) is 7.13. The molecule has 2 atom stereocenters. The molecule has 1 N–H and O–H groups in total. The van der Waals surface area contributed by atoms with Crippen molar-refractivity contribution in [1.29, 1.82) is 0 Å². The largest absolute Gasteiger partial charge is 0.339 e. The van der Waals surface area contributed by atoms with Crippen LogP contribution in [-0.4, -0.2) is 36.5 Å². The third-order valence-electron chi connectivity index (χ3n) is 4.65. The predicted octanol–water partition coefficient (Wildman–Crippen LogP) is 3.44. The van der Waals surface area contributed by atoms with Crippen LogP contribution in [0.1, 0.15) is 66.2 Å². The number of carbonyl (C=O) groups excluding carboxylic acids is 1. The molecule has 1 saturated carbocycles. The standard InChI is InChI=1S/C18H34N2O/c1-14(11-18(2,3)4)10-17(21)20(16-7-8-16)13-15-6-5-9-19-12-15/h14-16,19H,5-13H2,1-4H3. The van der Waals surface area contributed by atoms with Gasteiger partial charge in [0, 0.05) is 19.0 Å². The Labute approximate surface area is 130 Å². The predicted molar refractivity (Wildman–Crippen MR) is 88.2 cm³/mol. The van der Waals surface area contributed by atoms with Crippen molar-refractivity contribution in [3.63, 3.8) is 0 Å². The summed E-state index contributed by atoms with van der Waals surface area (Å²) in [7, 11) is 0. The zero-order valence-corrected chi connectivity index (χ0v) is 14.5. The average Bonchev–Trinajstić information content (AvgIpc) is 3.18. The SMILES string of the molecule is CC(CC(=O)N(CC1CCCNC1)C1CC1)CC(C)(C)C. The highest BCUT2D eigenvalue weighted by atomic mass is 16.2. The molecule has 2 unspecified atom stereocenters. The van der Waals surface area contributed by atoms with Crippen LogP contribution in [0.15, 0.2) is 0 Å². The molecule has 122 valence electrons. The second-order valence-corrected chi connectivity index (χ2v) is 8.56. The van der Waals surface area contributed by atoms with E-state index >= 15 is 0 Å². The summed E-state index contributed by atoms with van der Waals surface area (Å²) < 4.78 is 0. The van der Waals surface area contributed by atoms with E-state index in [2.05, 4.69) is 37.9 Å². The molecule has 0 aromatic rings. The van der Waals surface area contributed by atoms with Crippen molar-refractivity contribution < 1.29 is 4.79 Å². The normalized spacial score (nSPS) is 24.7. The van der Waals surface area contributed by atoms with E-state index < -0.39 is 0 Å². The van der Waals surface area contributed by atoms with Crippen LogP contribution in [0.2, 0.25) is 0 Å². The van der Waals surface area contributed by atoms with E-state index in [1.165, 1.54) is 25.7 Å². The third kappa shape index (κ3) is 5.98. The Kier molecular flexibility index (Phi) is 5.70. The molecule has 2 aliphatic rings. The van der Waals surface area contributed by atoms with Gasteiger partial charge in [-0.05, 0) is 62.4 Å². The van der Waals surface area contributed by atoms with E-state index in [1.54, 1.807) is 0 Å². The highest BCUT2D eigenvalue weighted by molar-refractivity contribution is 5.77. The van der Waals surface area contributed by atoms with Crippen LogP contribution in [0.25, 0.3) is 0 Å². The van der Waals surface area contributed by atoms with Crippen LogP contribution in [-0.2, 0) is 4.79 Å². The summed E-state index contributed by atoms with van der Waals surface area (Å²) in [6, 6.07) is 0.557. The van der Waals surface area contributed by atoms with Gasteiger partial charge in [-0.3, -0.25) is 4.79 Å². The number of hydrogen-bond donors (Lipinski definition) is 1. The highest BCUT2D eigenvalue weighted by Gasteiger charge is 2.34. The summed E-state index contributed by atoms with van der Waals surface area (Å²) in [5.74, 6) is 1.56. The van der Waals surface area contributed by atoms with Crippen LogP contribution in [0.3, 0.4) is 0 Å². The lowest BCUT2D eigenvalue weighted by atomic mass is 9.84. The van der Waals surface area contributed by atoms with Crippen molar-refractivity contribution in [3.05, 3.63) is 0 Å². The third-order valence-corrected chi connectivity index (χ3v) is 4.65. The molecular formula is C18H34N2O. The van der Waals surface area contributed by atoms with Crippen molar-refractivity contribution in [2.45, 2.75) is 72.3 Å². The fourth-order valence-electron chi connectivity index (χ4n) is 3.73. The summed E-state index contributed by atoms with van der Waals surface area (Å²) in [6.07, 6.45) is 6.84. The van der Waals surface area contributed by atoms with E-state index in [0.717, 1.165) is 32.5 Å². The number of hydrogen-bond acceptors (Lipinski definition) is 2. The molecule has 3 nitrogen and oxygen atoms in total. The second-order valence-electron chi connectivity index (χ2n) is 8.56. The first-order valence-corrected chi connectivity index (χ1v) is 8.85. The number of amides is 1. The quantitative estimate of drug-likeness (QED) is 0.814. The molecule has 0 radical (unpaired) electrons. The number of carbonyl (C=O) groups is 1. The maximum absolute atomic E-state index is 12.7. The van der Waals surface area contributed by atoms with Crippen molar-refractivity contribution in [2.75, 3.05) is 19.6 Å². The minimum Gasteiger partial charge on any atom is -0.339 e. The summed E-state index contributed by atoms with van der Waals surface area (Å²) in [5, 5.41) is 3.47. The first kappa shape index (κ1) is 16.8. The minimum atomic E-state index is 0.317. The monoisotopic (exact) mass is 294 g/mol. The van der Waals surface area contributed by atoms with Gasteiger partial charge in [-0.25, -0.2) is 0 Å². The smallest absolute Gasteiger partial charge is 0.223 e. The molecule has 1 saturated heterocycles. The summed E-state index contributed by atoms with van der Waals surface area (Å²) in [4.78, 5) is 14.9. The van der Waals surface area contributed by atoms with Crippen molar-refractivity contribution in [3.8, 4) is 0 Å². The van der Waals surface area contributed by atoms with Crippen LogP contribution in [0, 0.1) is 17.3 Å². The molecule has 0 aromatic carbocycles. The van der Waals surface area contributed by atoms with Crippen LogP contribution < -0.4 is 5.32 Å². The van der Waals surface area contributed by atoms with Crippen LogP contribution >= 0.6 is 0 Å². The first-order valence-electron chi connectivity index (χ1n) is 8.85. The van der Waals surface area contributed by atoms with E-state index in [0.29, 0.717) is 29.2 Å². The molecule has 1 amide bonds. The lowest BCUT2D eigenvalue weighted by molar-refractivity contribution is -0.133. The van der Waals surface area contributed by atoms with Gasteiger partial charge in [-0.2, -0.15) is 0 Å². The zero-order valence-electron chi connectivity index (χ0n) is 14.5. The Hall–Kier alpha value is -0.570. The van der Waals surface area contributed by atoms with E-state index in [9.17, 15) is 4.79 Å². The molecule has 2 fully saturated rings. The number of piperidine rings is 1. The van der Waals surface area contributed by atoms with Gasteiger partial charge in [0.05, 0.1) is 0 Å². The topological polar surface area (TPSA) is 32.3 Å². The molecule has 1 aliphatic heterocycles. The molecule has 2 rings (SSSR count). The Morgan fingerprint density at radius 1 is 1.29 bits per heavy atom. The lowest BCUT2D eigenvalue weighted by Crippen LogP contribution is -2.42. The molecule has 0 aromatic heterocycles. The van der Waals surface area contributed by atoms with E-state index in [-0.39, 0.29) is 0 Å². The summed E-state index contributed by atoms with van der Waals surface area (Å²) in [6.45, 7) is 12.3. The maximum atomic E-state index is 12.7. The van der Waals surface area contributed by atoms with Crippen LogP contribution in [0.5, 0.6) is 0 Å². The van der Waals surface area contributed by atoms with E-state index in [1.807, 2.05) is 0 Å². The fraction of sp³-hybridized carbons (Fsp3) is 0.944. The number of nitrogens with one attached hydrogen (secondary N) is 1.